The van der Waals surface area contributed by atoms with E-state index in [1.165, 1.54) is 6.20 Å². The van der Waals surface area contributed by atoms with E-state index in [0.717, 1.165) is 25.1 Å². The third-order valence-electron chi connectivity index (χ3n) is 2.65. The lowest BCUT2D eigenvalue weighted by Crippen LogP contribution is -2.36. The van der Waals surface area contributed by atoms with E-state index in [0.29, 0.717) is 18.7 Å². The minimum atomic E-state index is -4.33. The lowest BCUT2D eigenvalue weighted by molar-refractivity contribution is -0.137. The first kappa shape index (κ1) is 15.9. The van der Waals surface area contributed by atoms with Crippen molar-refractivity contribution in [3.05, 3.63) is 29.6 Å². The molecule has 1 N–H and O–H groups in total. The van der Waals surface area contributed by atoms with Crippen LogP contribution in [0.15, 0.2) is 18.3 Å². The third kappa shape index (κ3) is 5.57. The van der Waals surface area contributed by atoms with Crippen LogP contribution in [-0.4, -0.2) is 31.3 Å². The Labute approximate surface area is 111 Å². The van der Waals surface area contributed by atoms with E-state index in [2.05, 4.69) is 10.3 Å². The van der Waals surface area contributed by atoms with E-state index < -0.39 is 11.7 Å². The van der Waals surface area contributed by atoms with E-state index >= 15 is 0 Å². The Balaban J connectivity index is 2.73. The Kier molecular flexibility index (Phi) is 6.24. The smallest absolute Gasteiger partial charge is 0.383 e. The number of nitrogens with zero attached hydrogens (tertiary/aromatic N) is 1. The van der Waals surface area contributed by atoms with Crippen molar-refractivity contribution in [3.8, 4) is 0 Å². The number of methoxy groups -OCH3 is 1. The van der Waals surface area contributed by atoms with Crippen molar-refractivity contribution in [3.63, 3.8) is 0 Å². The van der Waals surface area contributed by atoms with Gasteiger partial charge in [-0.1, -0.05) is 6.92 Å². The summed E-state index contributed by atoms with van der Waals surface area (Å²) in [7, 11) is 1.57. The second-order valence-electron chi connectivity index (χ2n) is 4.34. The fourth-order valence-corrected chi connectivity index (χ4v) is 1.76. The lowest BCUT2D eigenvalue weighted by atomic mass is 10.1. The van der Waals surface area contributed by atoms with Gasteiger partial charge in [-0.05, 0) is 25.1 Å². The highest BCUT2D eigenvalue weighted by Gasteiger charge is 2.30. The maximum atomic E-state index is 12.6. The monoisotopic (exact) mass is 276 g/mol. The van der Waals surface area contributed by atoms with Crippen molar-refractivity contribution in [2.24, 2.45) is 0 Å². The second-order valence-corrected chi connectivity index (χ2v) is 4.34. The summed E-state index contributed by atoms with van der Waals surface area (Å²) >= 11 is 0. The molecule has 108 valence electrons. The zero-order valence-electron chi connectivity index (χ0n) is 11.1. The van der Waals surface area contributed by atoms with Crippen molar-refractivity contribution in [2.75, 3.05) is 20.3 Å². The van der Waals surface area contributed by atoms with Gasteiger partial charge in [-0.3, -0.25) is 4.98 Å². The zero-order valence-corrected chi connectivity index (χ0v) is 11.1. The van der Waals surface area contributed by atoms with Gasteiger partial charge < -0.3 is 10.1 Å². The molecule has 1 heterocycles. The highest BCUT2D eigenvalue weighted by Crippen LogP contribution is 2.29. The van der Waals surface area contributed by atoms with Gasteiger partial charge in [0, 0.05) is 31.5 Å². The fraction of sp³-hybridized carbons (Fsp3) is 0.615. The molecule has 0 aliphatic heterocycles. The predicted octanol–water partition coefficient (Wildman–Crippen LogP) is 2.66. The summed E-state index contributed by atoms with van der Waals surface area (Å²) in [5, 5.41) is 3.23. The molecule has 0 spiro atoms. The van der Waals surface area contributed by atoms with E-state index in [9.17, 15) is 13.2 Å². The molecule has 0 aliphatic rings. The van der Waals surface area contributed by atoms with Crippen LogP contribution < -0.4 is 5.32 Å². The maximum absolute atomic E-state index is 12.6. The van der Waals surface area contributed by atoms with Crippen LogP contribution in [0.4, 0.5) is 13.2 Å². The predicted molar refractivity (Wildman–Crippen MR) is 66.9 cm³/mol. The quantitative estimate of drug-likeness (QED) is 0.831. The van der Waals surface area contributed by atoms with Crippen LogP contribution in [0.3, 0.4) is 0 Å². The van der Waals surface area contributed by atoms with Crippen molar-refractivity contribution >= 4 is 0 Å². The van der Waals surface area contributed by atoms with Gasteiger partial charge in [0.15, 0.2) is 0 Å². The van der Waals surface area contributed by atoms with E-state index in [4.69, 9.17) is 4.74 Å². The normalized spacial score (nSPS) is 13.5. The van der Waals surface area contributed by atoms with Gasteiger partial charge in [-0.2, -0.15) is 13.2 Å². The molecule has 19 heavy (non-hydrogen) atoms. The number of aromatic nitrogens is 1. The Morgan fingerprint density at radius 1 is 1.42 bits per heavy atom. The molecule has 1 unspecified atom stereocenters. The number of halogens is 3. The number of hydrogen-bond donors (Lipinski definition) is 1. The molecule has 0 fully saturated rings. The van der Waals surface area contributed by atoms with Crippen molar-refractivity contribution < 1.29 is 17.9 Å². The van der Waals surface area contributed by atoms with Crippen molar-refractivity contribution in [1.29, 1.82) is 0 Å². The topological polar surface area (TPSA) is 34.1 Å². The van der Waals surface area contributed by atoms with Crippen LogP contribution in [0.1, 0.15) is 24.6 Å². The number of hydrogen-bond acceptors (Lipinski definition) is 3. The van der Waals surface area contributed by atoms with Crippen LogP contribution in [-0.2, 0) is 17.3 Å². The maximum Gasteiger partial charge on any atom is 0.416 e. The summed E-state index contributed by atoms with van der Waals surface area (Å²) in [4.78, 5) is 3.99. The Hall–Kier alpha value is -1.14. The molecule has 1 rings (SSSR count). The molecule has 3 nitrogen and oxygen atoms in total. The molecular weight excluding hydrogens is 257 g/mol. The van der Waals surface area contributed by atoms with Gasteiger partial charge in [0.25, 0.3) is 0 Å². The third-order valence-corrected chi connectivity index (χ3v) is 2.65. The van der Waals surface area contributed by atoms with Gasteiger partial charge >= 0.3 is 6.18 Å². The first-order valence-electron chi connectivity index (χ1n) is 6.21. The average molecular weight is 276 g/mol. The first-order valence-corrected chi connectivity index (χ1v) is 6.21. The van der Waals surface area contributed by atoms with Crippen molar-refractivity contribution in [2.45, 2.75) is 32.0 Å². The number of pyridine rings is 1. The molecule has 0 radical (unpaired) electrons. The van der Waals surface area contributed by atoms with Gasteiger partial charge in [0.05, 0.1) is 12.2 Å². The van der Waals surface area contributed by atoms with Gasteiger partial charge in [-0.25, -0.2) is 0 Å². The van der Waals surface area contributed by atoms with E-state index in [-0.39, 0.29) is 6.04 Å². The minimum Gasteiger partial charge on any atom is -0.383 e. The van der Waals surface area contributed by atoms with Gasteiger partial charge in [0.2, 0.25) is 0 Å². The highest BCUT2D eigenvalue weighted by molar-refractivity contribution is 5.20. The zero-order chi connectivity index (χ0) is 14.3. The summed E-state index contributed by atoms with van der Waals surface area (Å²) < 4.78 is 42.8. The summed E-state index contributed by atoms with van der Waals surface area (Å²) in [5.74, 6) is 0. The molecule has 0 aliphatic carbocycles. The second kappa shape index (κ2) is 7.45. The SMILES string of the molecule is CCCNC(COC)Cc1cc(C(F)(F)F)ccn1. The minimum absolute atomic E-state index is 0.0269. The number of alkyl halides is 3. The number of nitrogens with one attached hydrogen (secondary N) is 1. The first-order chi connectivity index (χ1) is 8.97. The molecule has 0 aromatic carbocycles. The lowest BCUT2D eigenvalue weighted by Gasteiger charge is -2.17. The van der Waals surface area contributed by atoms with Crippen LogP contribution in [0.25, 0.3) is 0 Å². The molecule has 0 bridgehead atoms. The molecule has 1 atom stereocenters. The summed E-state index contributed by atoms with van der Waals surface area (Å²) in [5.41, 5.74) is -0.246. The Bertz CT molecular complexity index is 382. The van der Waals surface area contributed by atoms with Crippen molar-refractivity contribution in [1.82, 2.24) is 10.3 Å². The van der Waals surface area contributed by atoms with Crippen LogP contribution in [0.5, 0.6) is 0 Å². The Morgan fingerprint density at radius 3 is 2.74 bits per heavy atom. The number of rotatable bonds is 7. The molecular formula is C13H19F3N2O. The molecule has 0 saturated carbocycles. The molecule has 1 aromatic heterocycles. The average Bonchev–Trinajstić information content (AvgIpc) is 2.35. The molecule has 6 heteroatoms. The van der Waals surface area contributed by atoms with E-state index in [1.54, 1.807) is 7.11 Å². The summed E-state index contributed by atoms with van der Waals surface area (Å²) in [6, 6.07) is 2.05. The molecule has 0 saturated heterocycles. The summed E-state index contributed by atoms with van der Waals surface area (Å²) in [6.07, 6.45) is -1.76. The van der Waals surface area contributed by atoms with Crippen LogP contribution in [0.2, 0.25) is 0 Å². The molecule has 1 aromatic rings. The van der Waals surface area contributed by atoms with Gasteiger partial charge in [-0.15, -0.1) is 0 Å². The molecule has 0 amide bonds. The largest absolute Gasteiger partial charge is 0.416 e. The van der Waals surface area contributed by atoms with Gasteiger partial charge in [0.1, 0.15) is 0 Å². The number of ether oxygens (including phenoxy) is 1. The summed E-state index contributed by atoms with van der Waals surface area (Å²) in [6.45, 7) is 3.27. The Morgan fingerprint density at radius 2 is 2.16 bits per heavy atom. The van der Waals surface area contributed by atoms with Crippen LogP contribution >= 0.6 is 0 Å². The highest BCUT2D eigenvalue weighted by atomic mass is 19.4. The standard InChI is InChI=1S/C13H19F3N2O/c1-3-5-17-12(9-19-2)8-11-7-10(4-6-18-11)13(14,15)16/h4,6-7,12,17H,3,5,8-9H2,1-2H3. The van der Waals surface area contributed by atoms with E-state index in [1.807, 2.05) is 6.92 Å². The van der Waals surface area contributed by atoms with Crippen LogP contribution in [0, 0.1) is 0 Å². The fourth-order valence-electron chi connectivity index (χ4n) is 1.76.